The van der Waals surface area contributed by atoms with Gasteiger partial charge in [-0.05, 0) is 17.7 Å². The molecule has 17 heavy (non-hydrogen) atoms. The van der Waals surface area contributed by atoms with E-state index in [1.807, 2.05) is 0 Å². The van der Waals surface area contributed by atoms with E-state index in [1.54, 1.807) is 19.2 Å². The highest BCUT2D eigenvalue weighted by Gasteiger charge is 2.20. The first-order valence-corrected chi connectivity index (χ1v) is 5.13. The molecule has 4 nitrogen and oxygen atoms in total. The Kier molecular flexibility index (Phi) is 3.10. The van der Waals surface area contributed by atoms with Crippen molar-refractivity contribution in [1.29, 1.82) is 0 Å². The third-order valence-electron chi connectivity index (χ3n) is 2.59. The molecule has 0 saturated carbocycles. The van der Waals surface area contributed by atoms with Gasteiger partial charge in [0.1, 0.15) is 17.6 Å². The number of hydrogen-bond donors (Lipinski definition) is 1. The van der Waals surface area contributed by atoms with Crippen molar-refractivity contribution in [3.8, 4) is 5.75 Å². The number of aryl methyl sites for hydroxylation is 1. The highest BCUT2D eigenvalue weighted by Crippen LogP contribution is 2.29. The molecule has 1 heterocycles. The summed E-state index contributed by atoms with van der Waals surface area (Å²) in [6.45, 7) is 0. The van der Waals surface area contributed by atoms with Gasteiger partial charge >= 0.3 is 0 Å². The molecule has 2 rings (SSSR count). The van der Waals surface area contributed by atoms with Crippen LogP contribution in [0.3, 0.4) is 0 Å². The molecule has 0 bridgehead atoms. The number of aromatic nitrogens is 2. The van der Waals surface area contributed by atoms with E-state index in [1.165, 1.54) is 30.1 Å². The van der Waals surface area contributed by atoms with Crippen LogP contribution in [0, 0.1) is 5.82 Å². The quantitative estimate of drug-likeness (QED) is 0.881. The maximum absolute atomic E-state index is 13.1. The van der Waals surface area contributed by atoms with Crippen molar-refractivity contribution in [2.24, 2.45) is 7.05 Å². The van der Waals surface area contributed by atoms with E-state index in [2.05, 4.69) is 5.10 Å². The number of halogens is 1. The predicted octanol–water partition coefficient (Wildman–Crippen LogP) is 1.65. The molecular formula is C12H13FN2O2. The van der Waals surface area contributed by atoms with E-state index < -0.39 is 6.10 Å². The summed E-state index contributed by atoms with van der Waals surface area (Å²) >= 11 is 0. The molecule has 90 valence electrons. The predicted molar refractivity (Wildman–Crippen MR) is 60.2 cm³/mol. The molecule has 2 aromatic rings. The smallest absolute Gasteiger partial charge is 0.162 e. The summed E-state index contributed by atoms with van der Waals surface area (Å²) in [5.74, 6) is 0.0898. The molecule has 1 aromatic heterocycles. The zero-order valence-corrected chi connectivity index (χ0v) is 9.59. The molecule has 0 fully saturated rings. The van der Waals surface area contributed by atoms with Crippen molar-refractivity contribution in [2.45, 2.75) is 6.10 Å². The van der Waals surface area contributed by atoms with Gasteiger partial charge in [0.15, 0.2) is 5.75 Å². The number of nitrogens with zero attached hydrogens (tertiary/aromatic N) is 2. The molecule has 1 aromatic carbocycles. The molecule has 5 heteroatoms. The van der Waals surface area contributed by atoms with Crippen LogP contribution < -0.4 is 4.74 Å². The van der Waals surface area contributed by atoms with Crippen LogP contribution in [0.15, 0.2) is 30.5 Å². The lowest BCUT2D eigenvalue weighted by Crippen LogP contribution is -2.08. The van der Waals surface area contributed by atoms with Gasteiger partial charge in [0, 0.05) is 7.05 Å². The van der Waals surface area contributed by atoms with Crippen LogP contribution in [0.2, 0.25) is 0 Å². The van der Waals surface area contributed by atoms with Crippen LogP contribution in [0.4, 0.5) is 4.39 Å². The highest BCUT2D eigenvalue weighted by molar-refractivity contribution is 5.34. The first-order valence-electron chi connectivity index (χ1n) is 5.13. The summed E-state index contributed by atoms with van der Waals surface area (Å²) in [4.78, 5) is 0. The molecule has 0 aliphatic heterocycles. The second kappa shape index (κ2) is 4.55. The lowest BCUT2D eigenvalue weighted by Gasteiger charge is -2.13. The van der Waals surface area contributed by atoms with Gasteiger partial charge in [-0.1, -0.05) is 12.1 Å². The van der Waals surface area contributed by atoms with E-state index in [0.717, 1.165) is 0 Å². The average molecular weight is 236 g/mol. The van der Waals surface area contributed by atoms with Gasteiger partial charge < -0.3 is 9.84 Å². The van der Waals surface area contributed by atoms with E-state index in [0.29, 0.717) is 17.0 Å². The number of benzene rings is 1. The Labute approximate surface area is 98.3 Å². The molecule has 0 spiro atoms. The number of aliphatic hydroxyl groups is 1. The van der Waals surface area contributed by atoms with Crippen molar-refractivity contribution in [3.63, 3.8) is 0 Å². The van der Waals surface area contributed by atoms with E-state index in [4.69, 9.17) is 4.74 Å². The standard InChI is InChI=1S/C12H13FN2O2/c1-15-11(10(17-2)7-14-15)12(16)8-4-3-5-9(13)6-8/h3-7,12,16H,1-2H3. The minimum atomic E-state index is -0.965. The van der Waals surface area contributed by atoms with Crippen LogP contribution in [0.1, 0.15) is 17.4 Å². The lowest BCUT2D eigenvalue weighted by molar-refractivity contribution is 0.204. The molecule has 0 aliphatic carbocycles. The zero-order chi connectivity index (χ0) is 12.4. The van der Waals surface area contributed by atoms with Gasteiger partial charge in [-0.25, -0.2) is 4.39 Å². The number of hydrogen-bond acceptors (Lipinski definition) is 3. The van der Waals surface area contributed by atoms with E-state index in [-0.39, 0.29) is 5.82 Å². The Morgan fingerprint density at radius 1 is 1.47 bits per heavy atom. The monoisotopic (exact) mass is 236 g/mol. The topological polar surface area (TPSA) is 47.3 Å². The maximum Gasteiger partial charge on any atom is 0.162 e. The fraction of sp³-hybridized carbons (Fsp3) is 0.250. The third-order valence-corrected chi connectivity index (χ3v) is 2.59. The minimum absolute atomic E-state index is 0.386. The summed E-state index contributed by atoms with van der Waals surface area (Å²) in [6.07, 6.45) is 0.547. The van der Waals surface area contributed by atoms with Gasteiger partial charge in [-0.15, -0.1) is 0 Å². The van der Waals surface area contributed by atoms with Gasteiger partial charge in [-0.3, -0.25) is 4.68 Å². The summed E-state index contributed by atoms with van der Waals surface area (Å²) in [7, 11) is 3.19. The Morgan fingerprint density at radius 2 is 2.24 bits per heavy atom. The highest BCUT2D eigenvalue weighted by atomic mass is 19.1. The van der Waals surface area contributed by atoms with Crippen molar-refractivity contribution in [3.05, 3.63) is 47.5 Å². The summed E-state index contributed by atoms with van der Waals surface area (Å²) in [5.41, 5.74) is 0.963. The third kappa shape index (κ3) is 2.14. The minimum Gasteiger partial charge on any atom is -0.493 e. The molecule has 1 atom stereocenters. The number of methoxy groups -OCH3 is 1. The second-order valence-electron chi connectivity index (χ2n) is 3.68. The van der Waals surface area contributed by atoms with Gasteiger partial charge in [0.05, 0.1) is 13.3 Å². The lowest BCUT2D eigenvalue weighted by atomic mass is 10.1. The number of ether oxygens (including phenoxy) is 1. The summed E-state index contributed by atoms with van der Waals surface area (Å²) < 4.78 is 19.7. The first-order chi connectivity index (χ1) is 8.13. The Morgan fingerprint density at radius 3 is 2.88 bits per heavy atom. The Balaban J connectivity index is 2.43. The van der Waals surface area contributed by atoms with Gasteiger partial charge in [-0.2, -0.15) is 5.10 Å². The van der Waals surface area contributed by atoms with Crippen LogP contribution in [-0.2, 0) is 7.05 Å². The van der Waals surface area contributed by atoms with Crippen molar-refractivity contribution < 1.29 is 14.2 Å². The average Bonchev–Trinajstić information content (AvgIpc) is 2.69. The summed E-state index contributed by atoms with van der Waals surface area (Å²) in [5, 5.41) is 14.2. The number of rotatable bonds is 3. The van der Waals surface area contributed by atoms with Gasteiger partial charge in [0.2, 0.25) is 0 Å². The van der Waals surface area contributed by atoms with Crippen LogP contribution in [0.25, 0.3) is 0 Å². The van der Waals surface area contributed by atoms with Crippen molar-refractivity contribution in [2.75, 3.05) is 7.11 Å². The molecule has 0 saturated heterocycles. The Hall–Kier alpha value is -1.88. The van der Waals surface area contributed by atoms with E-state index >= 15 is 0 Å². The fourth-order valence-corrected chi connectivity index (χ4v) is 1.73. The molecule has 0 aliphatic rings. The summed E-state index contributed by atoms with van der Waals surface area (Å²) in [6, 6.07) is 5.82. The maximum atomic E-state index is 13.1. The molecule has 0 amide bonds. The molecular weight excluding hydrogens is 223 g/mol. The number of aliphatic hydroxyl groups excluding tert-OH is 1. The van der Waals surface area contributed by atoms with Crippen LogP contribution >= 0.6 is 0 Å². The van der Waals surface area contributed by atoms with Crippen LogP contribution in [-0.4, -0.2) is 22.0 Å². The second-order valence-corrected chi connectivity index (χ2v) is 3.68. The molecule has 1 unspecified atom stereocenters. The SMILES string of the molecule is COc1cnn(C)c1C(O)c1cccc(F)c1. The van der Waals surface area contributed by atoms with Crippen LogP contribution in [0.5, 0.6) is 5.75 Å². The largest absolute Gasteiger partial charge is 0.493 e. The van der Waals surface area contributed by atoms with Gasteiger partial charge in [0.25, 0.3) is 0 Å². The van der Waals surface area contributed by atoms with Crippen molar-refractivity contribution >= 4 is 0 Å². The Bertz CT molecular complexity index is 525. The first kappa shape index (κ1) is 11.6. The molecule has 1 N–H and O–H groups in total. The fourth-order valence-electron chi connectivity index (χ4n) is 1.73. The van der Waals surface area contributed by atoms with E-state index in [9.17, 15) is 9.50 Å². The molecule has 0 radical (unpaired) electrons. The van der Waals surface area contributed by atoms with Crippen molar-refractivity contribution in [1.82, 2.24) is 9.78 Å². The normalized spacial score (nSPS) is 12.5. The zero-order valence-electron chi connectivity index (χ0n) is 9.59.